The first-order valence-corrected chi connectivity index (χ1v) is 6.41. The van der Waals surface area contributed by atoms with E-state index in [1.807, 2.05) is 0 Å². The van der Waals surface area contributed by atoms with Crippen LogP contribution < -0.4 is 4.90 Å². The van der Waals surface area contributed by atoms with Gasteiger partial charge in [0.15, 0.2) is 0 Å². The Bertz CT molecular complexity index is 518. The summed E-state index contributed by atoms with van der Waals surface area (Å²) in [6, 6.07) is 3.68. The summed E-state index contributed by atoms with van der Waals surface area (Å²) in [4.78, 5) is 5.23. The quantitative estimate of drug-likeness (QED) is 0.733. The van der Waals surface area contributed by atoms with Crippen molar-refractivity contribution < 1.29 is 22.0 Å². The highest BCUT2D eigenvalue weighted by Crippen LogP contribution is 2.65. The number of pyridine rings is 1. The molecule has 1 saturated heterocycles. The van der Waals surface area contributed by atoms with E-state index in [4.69, 9.17) is 0 Å². The fourth-order valence-corrected chi connectivity index (χ4v) is 2.84. The summed E-state index contributed by atoms with van der Waals surface area (Å²) in [5.74, 6) is -2.39. The van der Waals surface area contributed by atoms with Crippen molar-refractivity contribution in [2.75, 3.05) is 18.0 Å². The Hall–Kier alpha value is -1.40. The number of rotatable bonds is 1. The maximum atomic E-state index is 13.2. The summed E-state index contributed by atoms with van der Waals surface area (Å²) in [5.41, 5.74) is -1.86. The number of hydrogen-bond donors (Lipinski definition) is 0. The Balaban J connectivity index is 1.73. The van der Waals surface area contributed by atoms with E-state index in [2.05, 4.69) is 4.98 Å². The van der Waals surface area contributed by atoms with Gasteiger partial charge in [0.25, 0.3) is 5.92 Å². The molecule has 0 bridgehead atoms. The van der Waals surface area contributed by atoms with Crippen molar-refractivity contribution >= 4 is 5.82 Å². The summed E-state index contributed by atoms with van der Waals surface area (Å²) in [5, 5.41) is 0. The van der Waals surface area contributed by atoms with Gasteiger partial charge in [-0.3, -0.25) is 0 Å². The van der Waals surface area contributed by atoms with Crippen LogP contribution in [0, 0.1) is 5.41 Å². The molecule has 2 heterocycles. The average Bonchev–Trinajstić information content (AvgIpc) is 2.90. The number of piperidine rings is 1. The van der Waals surface area contributed by atoms with Gasteiger partial charge in [0.1, 0.15) is 11.5 Å². The summed E-state index contributed by atoms with van der Waals surface area (Å²) < 4.78 is 64.2. The van der Waals surface area contributed by atoms with Gasteiger partial charge in [0.05, 0.1) is 0 Å². The van der Waals surface area contributed by atoms with E-state index in [1.54, 1.807) is 4.90 Å². The topological polar surface area (TPSA) is 16.1 Å². The number of anilines is 1. The first-order chi connectivity index (χ1) is 9.24. The van der Waals surface area contributed by atoms with Crippen LogP contribution in [0.5, 0.6) is 0 Å². The van der Waals surface area contributed by atoms with Crippen LogP contribution in [0.3, 0.4) is 0 Å². The van der Waals surface area contributed by atoms with Crippen LogP contribution in [0.15, 0.2) is 18.2 Å². The van der Waals surface area contributed by atoms with E-state index < -0.39 is 23.2 Å². The molecule has 0 amide bonds. The molecule has 0 atom stereocenters. The lowest BCUT2D eigenvalue weighted by molar-refractivity contribution is -0.141. The highest BCUT2D eigenvalue weighted by Gasteiger charge is 2.70. The second-order valence-corrected chi connectivity index (χ2v) is 5.53. The number of hydrogen-bond acceptors (Lipinski definition) is 2. The molecule has 1 aliphatic heterocycles. The van der Waals surface area contributed by atoms with E-state index in [-0.39, 0.29) is 12.2 Å². The van der Waals surface area contributed by atoms with Gasteiger partial charge in [0.2, 0.25) is 0 Å². The molecule has 1 aromatic rings. The van der Waals surface area contributed by atoms with Gasteiger partial charge in [0, 0.05) is 24.9 Å². The predicted octanol–water partition coefficient (Wildman–Crippen LogP) is 3.73. The zero-order valence-electron chi connectivity index (χ0n) is 10.6. The molecule has 2 nitrogen and oxygen atoms in total. The Kier molecular flexibility index (Phi) is 2.75. The van der Waals surface area contributed by atoms with Crippen molar-refractivity contribution in [3.05, 3.63) is 23.9 Å². The summed E-state index contributed by atoms with van der Waals surface area (Å²) in [6.45, 7) is 0.647. The van der Waals surface area contributed by atoms with Gasteiger partial charge in [-0.05, 0) is 25.0 Å². The largest absolute Gasteiger partial charge is 0.433 e. The molecule has 2 fully saturated rings. The monoisotopic (exact) mass is 292 g/mol. The molecule has 7 heteroatoms. The Morgan fingerprint density at radius 2 is 1.70 bits per heavy atom. The SMILES string of the molecule is FC(F)(F)c1cccc(N2CCC3(CC2)CC3(F)F)n1. The zero-order valence-corrected chi connectivity index (χ0v) is 10.6. The van der Waals surface area contributed by atoms with Crippen LogP contribution in [0.2, 0.25) is 0 Å². The Morgan fingerprint density at radius 1 is 1.10 bits per heavy atom. The molecule has 1 aliphatic carbocycles. The summed E-state index contributed by atoms with van der Waals surface area (Å²) >= 11 is 0. The van der Waals surface area contributed by atoms with Gasteiger partial charge in [-0.25, -0.2) is 13.8 Å². The minimum Gasteiger partial charge on any atom is -0.357 e. The van der Waals surface area contributed by atoms with Crippen molar-refractivity contribution in [2.24, 2.45) is 5.41 Å². The summed E-state index contributed by atoms with van der Waals surface area (Å²) in [6.07, 6.45) is -3.98. The van der Waals surface area contributed by atoms with Gasteiger partial charge in [-0.2, -0.15) is 13.2 Å². The van der Waals surface area contributed by atoms with Crippen LogP contribution in [-0.2, 0) is 6.18 Å². The number of aromatic nitrogens is 1. The standard InChI is InChI=1S/C13H13F5N2/c14-12(15)8-11(12)4-6-20(7-5-11)10-3-1-2-9(19-10)13(16,17)18/h1-3H,4-8H2. The molecule has 3 rings (SSSR count). The lowest BCUT2D eigenvalue weighted by Crippen LogP contribution is -2.37. The number of halogens is 5. The molecule has 20 heavy (non-hydrogen) atoms. The van der Waals surface area contributed by atoms with Crippen LogP contribution in [0.1, 0.15) is 25.0 Å². The molecular weight excluding hydrogens is 279 g/mol. The molecule has 0 aromatic carbocycles. The molecule has 1 aromatic heterocycles. The van der Waals surface area contributed by atoms with E-state index in [0.717, 1.165) is 6.07 Å². The maximum absolute atomic E-state index is 13.2. The average molecular weight is 292 g/mol. The second-order valence-electron chi connectivity index (χ2n) is 5.53. The van der Waals surface area contributed by atoms with Gasteiger partial charge in [-0.1, -0.05) is 6.07 Å². The van der Waals surface area contributed by atoms with Crippen molar-refractivity contribution in [3.8, 4) is 0 Å². The van der Waals surface area contributed by atoms with E-state index >= 15 is 0 Å². The molecule has 110 valence electrons. The van der Waals surface area contributed by atoms with E-state index in [0.29, 0.717) is 25.9 Å². The Morgan fingerprint density at radius 3 is 2.20 bits per heavy atom. The number of alkyl halides is 5. The fraction of sp³-hybridized carbons (Fsp3) is 0.615. The minimum atomic E-state index is -4.49. The molecule has 2 aliphatic rings. The zero-order chi connectivity index (χ0) is 14.6. The molecule has 0 N–H and O–H groups in total. The normalized spacial score (nSPS) is 23.9. The van der Waals surface area contributed by atoms with Crippen LogP contribution >= 0.6 is 0 Å². The van der Waals surface area contributed by atoms with Crippen LogP contribution in [0.4, 0.5) is 27.8 Å². The Labute approximate surface area is 112 Å². The second kappa shape index (κ2) is 4.05. The molecule has 1 saturated carbocycles. The molecule has 1 spiro atoms. The van der Waals surface area contributed by atoms with Crippen LogP contribution in [-0.4, -0.2) is 24.0 Å². The van der Waals surface area contributed by atoms with Gasteiger partial charge >= 0.3 is 6.18 Å². The maximum Gasteiger partial charge on any atom is 0.433 e. The van der Waals surface area contributed by atoms with Crippen molar-refractivity contribution in [1.82, 2.24) is 4.98 Å². The molecule has 0 unspecified atom stereocenters. The van der Waals surface area contributed by atoms with E-state index in [1.165, 1.54) is 12.1 Å². The third kappa shape index (κ3) is 2.13. The molecule has 0 radical (unpaired) electrons. The highest BCUT2D eigenvalue weighted by molar-refractivity contribution is 5.41. The lowest BCUT2D eigenvalue weighted by Gasteiger charge is -2.33. The first kappa shape index (κ1) is 13.6. The lowest BCUT2D eigenvalue weighted by atomic mass is 9.93. The van der Waals surface area contributed by atoms with Gasteiger partial charge in [-0.15, -0.1) is 0 Å². The summed E-state index contributed by atoms with van der Waals surface area (Å²) in [7, 11) is 0. The van der Waals surface area contributed by atoms with Crippen LogP contribution in [0.25, 0.3) is 0 Å². The van der Waals surface area contributed by atoms with Crippen molar-refractivity contribution in [2.45, 2.75) is 31.4 Å². The van der Waals surface area contributed by atoms with Crippen molar-refractivity contribution in [3.63, 3.8) is 0 Å². The molecular formula is C13H13F5N2. The third-order valence-electron chi connectivity index (χ3n) is 4.28. The third-order valence-corrected chi connectivity index (χ3v) is 4.28. The first-order valence-electron chi connectivity index (χ1n) is 6.41. The fourth-order valence-electron chi connectivity index (χ4n) is 2.84. The highest BCUT2D eigenvalue weighted by atomic mass is 19.4. The predicted molar refractivity (Wildman–Crippen MR) is 62.7 cm³/mol. The van der Waals surface area contributed by atoms with Crippen molar-refractivity contribution in [1.29, 1.82) is 0 Å². The van der Waals surface area contributed by atoms with Gasteiger partial charge < -0.3 is 4.90 Å². The smallest absolute Gasteiger partial charge is 0.357 e. The number of nitrogens with zero attached hydrogens (tertiary/aromatic N) is 2. The minimum absolute atomic E-state index is 0.0934. The van der Waals surface area contributed by atoms with E-state index in [9.17, 15) is 22.0 Å².